The van der Waals surface area contributed by atoms with Gasteiger partial charge in [0.25, 0.3) is 0 Å². The van der Waals surface area contributed by atoms with Gasteiger partial charge in [0, 0.05) is 22.9 Å². The summed E-state index contributed by atoms with van der Waals surface area (Å²) in [5.74, 6) is 0.309. The zero-order chi connectivity index (χ0) is 16.1. The average molecular weight is 379 g/mol. The molecule has 4 rings (SSSR count). The SMILES string of the molecule is O=C(C1CC1)N1CC(=O)N2[C@H](CO)[C@@H](c3ccc(Br)cc3)[C@H]2C1. The first-order valence-corrected chi connectivity index (χ1v) is 8.85. The van der Waals surface area contributed by atoms with E-state index in [1.54, 1.807) is 9.80 Å². The molecule has 0 aromatic heterocycles. The minimum absolute atomic E-state index is 0.0164. The third-order valence-corrected chi connectivity index (χ3v) is 5.77. The summed E-state index contributed by atoms with van der Waals surface area (Å²) in [7, 11) is 0. The lowest BCUT2D eigenvalue weighted by molar-refractivity contribution is -0.167. The number of benzene rings is 1. The molecule has 3 aliphatic rings. The number of carbonyl (C=O) groups excluding carboxylic acids is 2. The Morgan fingerprint density at radius 3 is 2.57 bits per heavy atom. The molecule has 2 saturated heterocycles. The molecule has 1 saturated carbocycles. The van der Waals surface area contributed by atoms with Gasteiger partial charge in [0.1, 0.15) is 0 Å². The smallest absolute Gasteiger partial charge is 0.242 e. The van der Waals surface area contributed by atoms with Gasteiger partial charge in [-0.25, -0.2) is 0 Å². The van der Waals surface area contributed by atoms with Crippen molar-refractivity contribution in [1.29, 1.82) is 0 Å². The van der Waals surface area contributed by atoms with Crippen molar-refractivity contribution in [3.63, 3.8) is 0 Å². The summed E-state index contributed by atoms with van der Waals surface area (Å²) in [6, 6.07) is 7.82. The van der Waals surface area contributed by atoms with Gasteiger partial charge in [-0.05, 0) is 30.5 Å². The summed E-state index contributed by atoms with van der Waals surface area (Å²) in [6.07, 6.45) is 1.90. The van der Waals surface area contributed by atoms with E-state index in [0.717, 1.165) is 22.9 Å². The second kappa shape index (κ2) is 5.60. The summed E-state index contributed by atoms with van der Waals surface area (Å²) < 4.78 is 1.00. The number of halogens is 1. The highest BCUT2D eigenvalue weighted by atomic mass is 79.9. The average Bonchev–Trinajstić information content (AvgIpc) is 3.35. The van der Waals surface area contributed by atoms with Crippen molar-refractivity contribution in [2.75, 3.05) is 19.7 Å². The van der Waals surface area contributed by atoms with E-state index in [-0.39, 0.29) is 48.9 Å². The molecule has 2 aliphatic heterocycles. The highest BCUT2D eigenvalue weighted by Gasteiger charge is 2.55. The molecule has 23 heavy (non-hydrogen) atoms. The molecule has 1 N–H and O–H groups in total. The van der Waals surface area contributed by atoms with Gasteiger partial charge in [-0.3, -0.25) is 9.59 Å². The Kier molecular flexibility index (Phi) is 3.69. The minimum Gasteiger partial charge on any atom is -0.394 e. The van der Waals surface area contributed by atoms with Gasteiger partial charge in [0.2, 0.25) is 11.8 Å². The summed E-state index contributed by atoms with van der Waals surface area (Å²) in [5, 5.41) is 9.72. The van der Waals surface area contributed by atoms with Crippen LogP contribution in [0.1, 0.15) is 24.3 Å². The zero-order valence-electron chi connectivity index (χ0n) is 12.7. The molecule has 1 aliphatic carbocycles. The van der Waals surface area contributed by atoms with E-state index in [2.05, 4.69) is 15.9 Å². The first kappa shape index (κ1) is 15.1. The van der Waals surface area contributed by atoms with E-state index in [1.807, 2.05) is 24.3 Å². The van der Waals surface area contributed by atoms with Crippen molar-refractivity contribution in [3.8, 4) is 0 Å². The molecule has 3 atom stereocenters. The van der Waals surface area contributed by atoms with Crippen LogP contribution in [0.4, 0.5) is 0 Å². The van der Waals surface area contributed by atoms with Gasteiger partial charge >= 0.3 is 0 Å². The van der Waals surface area contributed by atoms with Crippen LogP contribution in [0.2, 0.25) is 0 Å². The summed E-state index contributed by atoms with van der Waals surface area (Å²) in [4.78, 5) is 28.3. The van der Waals surface area contributed by atoms with Gasteiger partial charge in [0.05, 0.1) is 25.2 Å². The standard InChI is InChI=1S/C17H19BrN2O3/c18-12-5-3-10(4-6-12)16-13-7-19(17(23)11-1-2-11)8-15(22)20(13)14(16)9-21/h3-6,11,13-14,16,21H,1-2,7-9H2/t13-,14-,16+/m1/s1. The molecule has 0 bridgehead atoms. The Balaban J connectivity index is 1.58. The lowest BCUT2D eigenvalue weighted by Gasteiger charge is -2.58. The molecule has 6 heteroatoms. The number of carbonyl (C=O) groups is 2. The zero-order valence-corrected chi connectivity index (χ0v) is 14.3. The first-order chi connectivity index (χ1) is 11.1. The van der Waals surface area contributed by atoms with Crippen LogP contribution in [0.15, 0.2) is 28.7 Å². The van der Waals surface area contributed by atoms with Crippen LogP contribution in [-0.2, 0) is 9.59 Å². The number of piperazine rings is 1. The molecule has 2 heterocycles. The van der Waals surface area contributed by atoms with Crippen LogP contribution in [0, 0.1) is 5.92 Å². The Morgan fingerprint density at radius 1 is 1.26 bits per heavy atom. The number of nitrogens with zero attached hydrogens (tertiary/aromatic N) is 2. The Labute approximate surface area is 143 Å². The number of aliphatic hydroxyl groups is 1. The summed E-state index contributed by atoms with van der Waals surface area (Å²) >= 11 is 3.43. The van der Waals surface area contributed by atoms with Crippen molar-refractivity contribution in [2.24, 2.45) is 5.92 Å². The maximum absolute atomic E-state index is 12.4. The van der Waals surface area contributed by atoms with Crippen molar-refractivity contribution >= 4 is 27.7 Å². The summed E-state index contributed by atoms with van der Waals surface area (Å²) in [5.41, 5.74) is 1.11. The quantitative estimate of drug-likeness (QED) is 0.863. The van der Waals surface area contributed by atoms with Crippen LogP contribution in [0.3, 0.4) is 0 Å². The molecule has 1 aromatic carbocycles. The van der Waals surface area contributed by atoms with E-state index in [4.69, 9.17) is 0 Å². The van der Waals surface area contributed by atoms with E-state index in [9.17, 15) is 14.7 Å². The molecular weight excluding hydrogens is 360 g/mol. The number of rotatable bonds is 3. The first-order valence-electron chi connectivity index (χ1n) is 8.06. The van der Waals surface area contributed by atoms with Gasteiger partial charge in [-0.2, -0.15) is 0 Å². The largest absolute Gasteiger partial charge is 0.394 e. The number of amides is 2. The fourth-order valence-electron chi connectivity index (χ4n) is 3.94. The molecule has 5 nitrogen and oxygen atoms in total. The second-order valence-corrected chi connectivity index (χ2v) is 7.60. The van der Waals surface area contributed by atoms with Crippen LogP contribution < -0.4 is 0 Å². The monoisotopic (exact) mass is 378 g/mol. The third kappa shape index (κ3) is 2.48. The molecule has 3 fully saturated rings. The molecule has 0 radical (unpaired) electrons. The van der Waals surface area contributed by atoms with E-state index >= 15 is 0 Å². The topological polar surface area (TPSA) is 60.9 Å². The minimum atomic E-state index is -0.174. The van der Waals surface area contributed by atoms with E-state index in [0.29, 0.717) is 6.54 Å². The van der Waals surface area contributed by atoms with Gasteiger partial charge in [-0.1, -0.05) is 28.1 Å². The molecule has 122 valence electrons. The molecule has 1 aromatic rings. The molecule has 2 amide bonds. The number of aliphatic hydroxyl groups excluding tert-OH is 1. The Bertz CT molecular complexity index is 644. The molecule has 0 unspecified atom stereocenters. The maximum atomic E-state index is 12.4. The predicted molar refractivity (Wildman–Crippen MR) is 87.7 cm³/mol. The van der Waals surface area contributed by atoms with Crippen molar-refractivity contribution in [2.45, 2.75) is 30.8 Å². The highest BCUT2D eigenvalue weighted by molar-refractivity contribution is 9.10. The van der Waals surface area contributed by atoms with Crippen LogP contribution in [0.5, 0.6) is 0 Å². The lowest BCUT2D eigenvalue weighted by Crippen LogP contribution is -2.73. The van der Waals surface area contributed by atoms with Crippen molar-refractivity contribution in [1.82, 2.24) is 9.80 Å². The fraction of sp³-hybridized carbons (Fsp3) is 0.529. The van der Waals surface area contributed by atoms with Gasteiger partial charge < -0.3 is 14.9 Å². The van der Waals surface area contributed by atoms with Crippen LogP contribution in [-0.4, -0.2) is 58.5 Å². The predicted octanol–water partition coefficient (Wildman–Crippen LogP) is 1.36. The molecule has 0 spiro atoms. The van der Waals surface area contributed by atoms with Crippen molar-refractivity contribution < 1.29 is 14.7 Å². The third-order valence-electron chi connectivity index (χ3n) is 5.25. The van der Waals surface area contributed by atoms with E-state index in [1.165, 1.54) is 0 Å². The number of hydrogen-bond acceptors (Lipinski definition) is 3. The van der Waals surface area contributed by atoms with Crippen LogP contribution >= 0.6 is 15.9 Å². The highest BCUT2D eigenvalue weighted by Crippen LogP contribution is 2.44. The lowest BCUT2D eigenvalue weighted by atomic mass is 9.73. The van der Waals surface area contributed by atoms with Gasteiger partial charge in [0.15, 0.2) is 0 Å². The van der Waals surface area contributed by atoms with Crippen molar-refractivity contribution in [3.05, 3.63) is 34.3 Å². The fourth-order valence-corrected chi connectivity index (χ4v) is 4.21. The normalized spacial score (nSPS) is 30.0. The number of fused-ring (bicyclic) bond motifs is 1. The Hall–Kier alpha value is -1.40. The maximum Gasteiger partial charge on any atom is 0.242 e. The number of hydrogen-bond donors (Lipinski definition) is 1. The van der Waals surface area contributed by atoms with Crippen LogP contribution in [0.25, 0.3) is 0 Å². The van der Waals surface area contributed by atoms with E-state index < -0.39 is 0 Å². The van der Waals surface area contributed by atoms with Gasteiger partial charge in [-0.15, -0.1) is 0 Å². The second-order valence-electron chi connectivity index (χ2n) is 6.69. The summed E-state index contributed by atoms with van der Waals surface area (Å²) in [6.45, 7) is 0.702. The Morgan fingerprint density at radius 2 is 1.96 bits per heavy atom. The molecular formula is C17H19BrN2O3.